The third-order valence-electron chi connectivity index (χ3n) is 4.73. The first kappa shape index (κ1) is 20.9. The first-order valence-electron chi connectivity index (χ1n) is 9.24. The van der Waals surface area contributed by atoms with Gasteiger partial charge in [0.05, 0.1) is 12.8 Å². The lowest BCUT2D eigenvalue weighted by molar-refractivity contribution is -0.128. The lowest BCUT2D eigenvalue weighted by atomic mass is 9.94. The third kappa shape index (κ3) is 4.96. The van der Waals surface area contributed by atoms with Crippen LogP contribution >= 0.6 is 0 Å². The fourth-order valence-electron chi connectivity index (χ4n) is 3.24. The maximum absolute atomic E-state index is 13.6. The highest BCUT2D eigenvalue weighted by Crippen LogP contribution is 2.33. The number of benzene rings is 2. The number of hydrogen-bond donors (Lipinski definition) is 4. The number of carbonyl (C=O) groups is 1. The van der Waals surface area contributed by atoms with E-state index in [1.165, 1.54) is 31.4 Å². The molecule has 1 heterocycles. The second-order valence-corrected chi connectivity index (χ2v) is 7.69. The lowest BCUT2D eigenvalue weighted by Gasteiger charge is -2.32. The van der Waals surface area contributed by atoms with Crippen molar-refractivity contribution in [2.45, 2.75) is 38.0 Å². The molecule has 0 fully saturated rings. The lowest BCUT2D eigenvalue weighted by Crippen LogP contribution is -2.53. The normalized spacial score (nSPS) is 17.1. The molecule has 1 aliphatic rings. The Hall–Kier alpha value is -2.84. The van der Waals surface area contributed by atoms with E-state index in [1.54, 1.807) is 12.1 Å². The fourth-order valence-corrected chi connectivity index (χ4v) is 3.24. The molecule has 7 nitrogen and oxygen atoms in total. The number of methoxy groups -OCH3 is 1. The second-order valence-electron chi connectivity index (χ2n) is 7.69. The van der Waals surface area contributed by atoms with E-state index >= 15 is 0 Å². The van der Waals surface area contributed by atoms with Gasteiger partial charge in [-0.3, -0.25) is 4.79 Å². The molecule has 8 heteroatoms. The Morgan fingerprint density at radius 2 is 2.07 bits per heavy atom. The highest BCUT2D eigenvalue weighted by molar-refractivity contribution is 5.98. The van der Waals surface area contributed by atoms with Crippen LogP contribution in [0.5, 0.6) is 17.2 Å². The molecule has 2 aromatic carbocycles. The molecule has 0 spiro atoms. The van der Waals surface area contributed by atoms with E-state index in [4.69, 9.17) is 9.47 Å². The van der Waals surface area contributed by atoms with Crippen LogP contribution in [0, 0.1) is 5.82 Å². The highest BCUT2D eigenvalue weighted by Gasteiger charge is 2.34. The number of halogens is 1. The molecule has 3 rings (SSSR count). The summed E-state index contributed by atoms with van der Waals surface area (Å²) in [5, 5.41) is 25.9. The molecular formula is C21H25FN2O5. The standard InChI is InChI=1S/C21H25FN2O5/c1-21(2,10-12-4-6-14(22)18(8-12)28-3)23-11-16(26)19-20(27)24-15-9-13(25)5-7-17(15)29-19/h4-9,16,19,23,25-26H,10-11H2,1-3H3,(H,24,27). The highest BCUT2D eigenvalue weighted by atomic mass is 19.1. The van der Waals surface area contributed by atoms with Crippen LogP contribution in [0.3, 0.4) is 0 Å². The van der Waals surface area contributed by atoms with E-state index in [1.807, 2.05) is 13.8 Å². The molecule has 0 aliphatic carbocycles. The zero-order valence-corrected chi connectivity index (χ0v) is 16.5. The average molecular weight is 404 g/mol. The number of amides is 1. The molecule has 0 aromatic heterocycles. The smallest absolute Gasteiger partial charge is 0.268 e. The number of rotatable bonds is 7. The van der Waals surface area contributed by atoms with Gasteiger partial charge in [-0.15, -0.1) is 0 Å². The molecule has 2 aromatic rings. The second kappa shape index (κ2) is 8.26. The molecule has 2 atom stereocenters. The molecule has 1 aliphatic heterocycles. The summed E-state index contributed by atoms with van der Waals surface area (Å²) < 4.78 is 24.2. The number of fused-ring (bicyclic) bond motifs is 1. The number of aliphatic hydroxyl groups is 1. The molecule has 0 saturated heterocycles. The van der Waals surface area contributed by atoms with Crippen molar-refractivity contribution in [3.8, 4) is 17.2 Å². The summed E-state index contributed by atoms with van der Waals surface area (Å²) in [7, 11) is 1.41. The van der Waals surface area contributed by atoms with Crippen molar-refractivity contribution in [3.05, 3.63) is 47.8 Å². The van der Waals surface area contributed by atoms with E-state index in [9.17, 15) is 19.4 Å². The molecule has 0 saturated carbocycles. The number of phenolic OH excluding ortho intramolecular Hbond substituents is 1. The number of aromatic hydroxyl groups is 1. The number of aliphatic hydroxyl groups excluding tert-OH is 1. The van der Waals surface area contributed by atoms with Gasteiger partial charge < -0.3 is 30.3 Å². The van der Waals surface area contributed by atoms with Gasteiger partial charge in [-0.2, -0.15) is 0 Å². The minimum Gasteiger partial charge on any atom is -0.508 e. The molecule has 0 radical (unpaired) electrons. The summed E-state index contributed by atoms with van der Waals surface area (Å²) in [6.07, 6.45) is -1.63. The van der Waals surface area contributed by atoms with Crippen LogP contribution in [0.15, 0.2) is 36.4 Å². The monoisotopic (exact) mass is 404 g/mol. The maximum Gasteiger partial charge on any atom is 0.268 e. The van der Waals surface area contributed by atoms with Gasteiger partial charge in [-0.1, -0.05) is 6.07 Å². The van der Waals surface area contributed by atoms with Crippen molar-refractivity contribution >= 4 is 11.6 Å². The molecule has 4 N–H and O–H groups in total. The number of anilines is 1. The summed E-state index contributed by atoms with van der Waals surface area (Å²) in [4.78, 5) is 12.3. The van der Waals surface area contributed by atoms with Crippen molar-refractivity contribution in [3.63, 3.8) is 0 Å². The van der Waals surface area contributed by atoms with Crippen LogP contribution in [-0.4, -0.2) is 47.5 Å². The van der Waals surface area contributed by atoms with E-state index in [0.717, 1.165) is 5.56 Å². The predicted octanol–water partition coefficient (Wildman–Crippen LogP) is 2.21. The first-order valence-corrected chi connectivity index (χ1v) is 9.24. The van der Waals surface area contributed by atoms with Crippen LogP contribution < -0.4 is 20.1 Å². The van der Waals surface area contributed by atoms with E-state index in [0.29, 0.717) is 17.9 Å². The Bertz CT molecular complexity index is 903. The molecule has 0 bridgehead atoms. The van der Waals surface area contributed by atoms with Crippen LogP contribution in [0.2, 0.25) is 0 Å². The van der Waals surface area contributed by atoms with Gasteiger partial charge in [-0.05, 0) is 50.1 Å². The Labute approximate surface area is 168 Å². The fraction of sp³-hybridized carbons (Fsp3) is 0.381. The minimum absolute atomic E-state index is 0.00693. The summed E-state index contributed by atoms with van der Waals surface area (Å²) in [6, 6.07) is 9.03. The van der Waals surface area contributed by atoms with E-state index in [2.05, 4.69) is 10.6 Å². The minimum atomic E-state index is -1.10. The number of β-amino-alcohol motifs (C(OH)–C–C–N with tert-alkyl or cyclic N) is 1. The average Bonchev–Trinajstić information content (AvgIpc) is 2.67. The van der Waals surface area contributed by atoms with Gasteiger partial charge in [0.1, 0.15) is 17.6 Å². The molecule has 29 heavy (non-hydrogen) atoms. The van der Waals surface area contributed by atoms with Gasteiger partial charge in [0.2, 0.25) is 6.10 Å². The van der Waals surface area contributed by atoms with Crippen molar-refractivity contribution in [2.75, 3.05) is 19.0 Å². The number of carbonyl (C=O) groups excluding carboxylic acids is 1. The van der Waals surface area contributed by atoms with Gasteiger partial charge >= 0.3 is 0 Å². The Balaban J connectivity index is 1.61. The van der Waals surface area contributed by atoms with Gasteiger partial charge in [0, 0.05) is 18.2 Å². The molecule has 1 amide bonds. The zero-order chi connectivity index (χ0) is 21.2. The summed E-state index contributed by atoms with van der Waals surface area (Å²) in [5.74, 6) is -0.350. The van der Waals surface area contributed by atoms with Gasteiger partial charge in [0.15, 0.2) is 11.6 Å². The van der Waals surface area contributed by atoms with Crippen LogP contribution in [-0.2, 0) is 11.2 Å². The maximum atomic E-state index is 13.6. The number of phenols is 1. The Kier molecular flexibility index (Phi) is 5.95. The summed E-state index contributed by atoms with van der Waals surface area (Å²) in [5.41, 5.74) is 0.784. The number of ether oxygens (including phenoxy) is 2. The number of hydrogen-bond acceptors (Lipinski definition) is 6. The van der Waals surface area contributed by atoms with Crippen LogP contribution in [0.4, 0.5) is 10.1 Å². The van der Waals surface area contributed by atoms with E-state index in [-0.39, 0.29) is 18.0 Å². The van der Waals surface area contributed by atoms with Gasteiger partial charge in [-0.25, -0.2) is 4.39 Å². The SMILES string of the molecule is COc1cc(CC(C)(C)NCC(O)C2Oc3ccc(O)cc3NC2=O)ccc1F. The van der Waals surface area contributed by atoms with Gasteiger partial charge in [0.25, 0.3) is 5.91 Å². The Morgan fingerprint density at radius 1 is 1.31 bits per heavy atom. The van der Waals surface area contributed by atoms with Crippen molar-refractivity contribution in [1.29, 1.82) is 0 Å². The quantitative estimate of drug-likeness (QED) is 0.565. The van der Waals surface area contributed by atoms with Crippen molar-refractivity contribution < 1.29 is 28.9 Å². The molecule has 2 unspecified atom stereocenters. The van der Waals surface area contributed by atoms with Crippen molar-refractivity contribution in [2.24, 2.45) is 0 Å². The number of nitrogens with one attached hydrogen (secondary N) is 2. The molecule has 156 valence electrons. The zero-order valence-electron chi connectivity index (χ0n) is 16.5. The molecular weight excluding hydrogens is 379 g/mol. The van der Waals surface area contributed by atoms with Crippen molar-refractivity contribution in [1.82, 2.24) is 5.32 Å². The predicted molar refractivity (Wildman–Crippen MR) is 106 cm³/mol. The largest absolute Gasteiger partial charge is 0.508 e. The van der Waals surface area contributed by atoms with E-state index < -0.39 is 29.5 Å². The topological polar surface area (TPSA) is 100 Å². The van der Waals surface area contributed by atoms with Crippen LogP contribution in [0.25, 0.3) is 0 Å². The Morgan fingerprint density at radius 3 is 2.79 bits per heavy atom. The third-order valence-corrected chi connectivity index (χ3v) is 4.73. The summed E-state index contributed by atoms with van der Waals surface area (Å²) >= 11 is 0. The summed E-state index contributed by atoms with van der Waals surface area (Å²) in [6.45, 7) is 3.99. The first-order chi connectivity index (χ1) is 13.7. The van der Waals surface area contributed by atoms with Crippen LogP contribution in [0.1, 0.15) is 19.4 Å².